The van der Waals surface area contributed by atoms with Gasteiger partial charge in [-0.05, 0) is 83.6 Å². The van der Waals surface area contributed by atoms with Crippen LogP contribution in [-0.4, -0.2) is 488 Å². The number of aliphatic hydroxyl groups excluding tert-OH is 7. The molecule has 13 saturated heterocycles. The largest absolute Gasteiger partial charge is 0.480 e. The number of carbonyl (C=O) groups excluding carboxylic acids is 20. The number of aliphatic carboxylic acids is 1. The molecule has 13 fully saturated rings. The number of carboxylic acids is 1. The average Bonchev–Trinajstić information content (AvgIpc) is 1.67. The fraction of sp³-hybridized carbons (Fsp3) is 0.744. The molecule has 13 rings (SSSR count). The number of rotatable bonds is 30. The van der Waals surface area contributed by atoms with Crippen LogP contribution in [0.2, 0.25) is 0 Å². The minimum absolute atomic E-state index is 0.0154. The topological polar surface area (TPSA) is 667 Å². The van der Waals surface area contributed by atoms with Gasteiger partial charge < -0.3 is 148 Å². The van der Waals surface area contributed by atoms with E-state index in [4.69, 9.17) is 5.11 Å². The van der Waals surface area contributed by atoms with Crippen molar-refractivity contribution in [3.05, 3.63) is 0 Å². The number of amides is 20. The fourth-order valence-electron chi connectivity index (χ4n) is 20.9. The summed E-state index contributed by atoms with van der Waals surface area (Å²) >= 11 is 4.25. The number of nitrogens with one attached hydrogen (secondary N) is 9. The standard InChI is InChI=1S/C82H119N21O29S/c104-41-19-55(97(33-41)76(126)48-7-1-13-83-48)70(120)85-27-63(112)92-14-2-8-50(92)78(128)99-35-43(106)21-57(99)69(119)84-26-62(111)91-49(40-133)77(127)98-34-42(105)20-56(98)71(121)86-28-64(113)93-15-3-9-51(93)79(129)100-36-44(107)22-58(100)72(122)87-29-65(114)94-16-4-10-52(94)80(130)101-37-45(108)23-59(101)73(123)88-30-66(115)95-17-5-11-53(95)81(131)102-38-46(109)24-60(102)74(124)89-31-67(116)96-18-6-12-54(96)82(132)103-39-47(110)25-61(103)75(125)90-32-68(117)118/h41-61,83,104-110,133H,1-40H2,(H,84,119)(H,85,120)(H,86,121)(H,87,122)(H,88,123)(H,89,124)(H,90,125)(H,91,111)(H,117,118)/t41-,42-,43-,44-,45-,46-,47-,48+,49+,50+,51+,52+,53+,54+,55+,56+,57+,58+,59+,60+,61+/m1/s1. The molecular formula is C82H119N21O29S. The van der Waals surface area contributed by atoms with Crippen molar-refractivity contribution in [1.82, 2.24) is 107 Å². The molecule has 0 aromatic carbocycles. The summed E-state index contributed by atoms with van der Waals surface area (Å²) in [6.07, 6.45) is -5.98. The van der Waals surface area contributed by atoms with Crippen LogP contribution in [0.1, 0.15) is 122 Å². The Morgan fingerprint density at radius 2 is 0.504 bits per heavy atom. The molecule has 13 aliphatic heterocycles. The van der Waals surface area contributed by atoms with Crippen molar-refractivity contribution in [2.24, 2.45) is 0 Å². The van der Waals surface area contributed by atoms with E-state index < -0.39 is 298 Å². The molecule has 0 bridgehead atoms. The first-order valence-electron chi connectivity index (χ1n) is 45.6. The van der Waals surface area contributed by atoms with Crippen molar-refractivity contribution in [2.75, 3.05) is 137 Å². The molecule has 732 valence electrons. The summed E-state index contributed by atoms with van der Waals surface area (Å²) in [5.74, 6) is -16.6. The Kier molecular flexibility index (Phi) is 32.5. The number of likely N-dealkylation sites (tertiary alicyclic amines) is 12. The maximum absolute atomic E-state index is 14.5. The van der Waals surface area contributed by atoms with Crippen molar-refractivity contribution >= 4 is 137 Å². The van der Waals surface area contributed by atoms with Crippen LogP contribution in [-0.2, 0) is 101 Å². The van der Waals surface area contributed by atoms with E-state index in [1.807, 2.05) is 0 Å². The second-order valence-electron chi connectivity index (χ2n) is 36.4. The van der Waals surface area contributed by atoms with Crippen LogP contribution in [0.15, 0.2) is 0 Å². The number of β-amino-alcohol motifs (C(OH)–C–C–N with tert-alkyl or cyclic N) is 7. The molecule has 13 heterocycles. The number of thiol groups is 1. The number of nitrogens with zero attached hydrogens (tertiary/aromatic N) is 12. The Morgan fingerprint density at radius 3 is 0.737 bits per heavy atom. The molecule has 133 heavy (non-hydrogen) atoms. The molecule has 0 aromatic heterocycles. The smallest absolute Gasteiger partial charge is 0.322 e. The van der Waals surface area contributed by atoms with Gasteiger partial charge in [-0.2, -0.15) is 12.6 Å². The summed E-state index contributed by atoms with van der Waals surface area (Å²) in [7, 11) is 0. The van der Waals surface area contributed by atoms with Gasteiger partial charge in [-0.1, -0.05) is 0 Å². The summed E-state index contributed by atoms with van der Waals surface area (Å²) in [4.78, 5) is 302. The SMILES string of the molecule is O=C(O)CNC(=O)[C@@H]1C[C@@H](O)CN1C(=O)[C@@H]1CCCN1C(=O)CNC(=O)[C@@H]1C[C@@H](O)CN1C(=O)[C@@H]1CCCN1C(=O)CNC(=O)[C@@H]1C[C@@H](O)CN1C(=O)[C@@H]1CCCN1C(=O)CNC(=O)[C@@H]1C[C@@H](O)CN1C(=O)[C@@H]1CCCN1C(=O)CNC(=O)[C@@H]1C[C@@H](O)CN1C(=O)[C@H](CS)NC(=O)CNC(=O)[C@@H]1C[C@@H](O)CN1C(=O)[C@@H]1CCCN1C(=O)CNC(=O)[C@@H]1C[C@@H](O)CN1C(=O)[C@@H]1CCCN1. The Labute approximate surface area is 767 Å². The first kappa shape index (κ1) is 99.4. The van der Waals surface area contributed by atoms with Gasteiger partial charge in [0.2, 0.25) is 118 Å². The monoisotopic (exact) mass is 1890 g/mol. The van der Waals surface area contributed by atoms with Crippen LogP contribution < -0.4 is 47.9 Å². The molecule has 21 atom stereocenters. The van der Waals surface area contributed by atoms with Crippen LogP contribution in [0.5, 0.6) is 0 Å². The van der Waals surface area contributed by atoms with Gasteiger partial charge in [0.1, 0.15) is 85.1 Å². The predicted molar refractivity (Wildman–Crippen MR) is 452 cm³/mol. The second kappa shape index (κ2) is 43.5. The molecule has 0 aliphatic carbocycles. The fourth-order valence-corrected chi connectivity index (χ4v) is 21.2. The maximum atomic E-state index is 14.5. The van der Waals surface area contributed by atoms with E-state index in [9.17, 15) is 136 Å². The molecule has 0 saturated carbocycles. The summed E-state index contributed by atoms with van der Waals surface area (Å²) in [5.41, 5.74) is 0. The Bertz CT molecular complexity index is 4530. The number of hydrogen-bond acceptors (Lipinski definition) is 30. The molecule has 0 spiro atoms. The molecule has 0 radical (unpaired) electrons. The van der Waals surface area contributed by atoms with Crippen molar-refractivity contribution in [3.63, 3.8) is 0 Å². The minimum Gasteiger partial charge on any atom is -0.480 e. The summed E-state index contributed by atoms with van der Waals surface area (Å²) < 4.78 is 0. The highest BCUT2D eigenvalue weighted by atomic mass is 32.1. The van der Waals surface area contributed by atoms with Crippen LogP contribution >= 0.6 is 12.6 Å². The van der Waals surface area contributed by atoms with Gasteiger partial charge in [0.15, 0.2) is 0 Å². The van der Waals surface area contributed by atoms with Crippen LogP contribution in [0.25, 0.3) is 0 Å². The third-order valence-electron chi connectivity index (χ3n) is 27.4. The number of aliphatic hydroxyl groups is 7. The van der Waals surface area contributed by atoms with E-state index in [-0.39, 0.29) is 161 Å². The van der Waals surface area contributed by atoms with Crippen LogP contribution in [0, 0.1) is 0 Å². The zero-order valence-electron chi connectivity index (χ0n) is 73.4. The van der Waals surface area contributed by atoms with Crippen molar-refractivity contribution in [2.45, 2.75) is 249 Å². The normalized spacial score (nSPS) is 30.4. The van der Waals surface area contributed by atoms with E-state index in [0.717, 1.165) is 35.8 Å². The van der Waals surface area contributed by atoms with E-state index in [0.29, 0.717) is 45.1 Å². The van der Waals surface area contributed by atoms with Crippen LogP contribution in [0.3, 0.4) is 0 Å². The summed E-state index contributed by atoms with van der Waals surface area (Å²) in [5, 5.41) is 107. The lowest BCUT2D eigenvalue weighted by Crippen LogP contribution is -2.57. The average molecular weight is 1900 g/mol. The molecule has 51 heteroatoms. The quantitative estimate of drug-likeness (QED) is 0.0297. The van der Waals surface area contributed by atoms with Crippen molar-refractivity contribution < 1.29 is 142 Å². The molecular weight excluding hydrogens is 1780 g/mol. The van der Waals surface area contributed by atoms with Crippen LogP contribution in [0.4, 0.5) is 0 Å². The number of carbonyl (C=O) groups is 21. The Balaban J connectivity index is 0.532. The Hall–Kier alpha value is -11.1. The van der Waals surface area contributed by atoms with E-state index in [1.165, 1.54) is 29.4 Å². The van der Waals surface area contributed by atoms with E-state index in [2.05, 4.69) is 60.5 Å². The van der Waals surface area contributed by atoms with Gasteiger partial charge in [-0.25, -0.2) is 0 Å². The molecule has 0 aromatic rings. The van der Waals surface area contributed by atoms with Gasteiger partial charge in [0, 0.05) is 129 Å². The van der Waals surface area contributed by atoms with Gasteiger partial charge in [-0.15, -0.1) is 0 Å². The third-order valence-corrected chi connectivity index (χ3v) is 27.8. The molecule has 0 unspecified atom stereocenters. The Morgan fingerprint density at radius 1 is 0.278 bits per heavy atom. The first-order chi connectivity index (χ1) is 63.4. The lowest BCUT2D eigenvalue weighted by atomic mass is 10.1. The summed E-state index contributed by atoms with van der Waals surface area (Å²) in [6.45, 7) is -5.87. The van der Waals surface area contributed by atoms with E-state index in [1.54, 1.807) is 0 Å². The number of hydrogen-bond donors (Lipinski definition) is 18. The van der Waals surface area contributed by atoms with Crippen molar-refractivity contribution in [3.8, 4) is 0 Å². The summed E-state index contributed by atoms with van der Waals surface area (Å²) in [6, 6.07) is -16.6. The second-order valence-corrected chi connectivity index (χ2v) is 36.7. The highest BCUT2D eigenvalue weighted by Crippen LogP contribution is 2.34. The molecule has 20 amide bonds. The molecule has 13 aliphatic rings. The molecule has 50 nitrogen and oxygen atoms in total. The predicted octanol–water partition coefficient (Wildman–Crippen LogP) is -14.3. The highest BCUT2D eigenvalue weighted by Gasteiger charge is 2.54. The first-order valence-corrected chi connectivity index (χ1v) is 46.2. The zero-order chi connectivity index (χ0) is 95.8. The van der Waals surface area contributed by atoms with Gasteiger partial charge in [-0.3, -0.25) is 101 Å². The van der Waals surface area contributed by atoms with E-state index >= 15 is 0 Å². The van der Waals surface area contributed by atoms with Crippen molar-refractivity contribution in [1.29, 1.82) is 0 Å². The third kappa shape index (κ3) is 22.6. The lowest BCUT2D eigenvalue weighted by molar-refractivity contribution is -0.148. The van der Waals surface area contributed by atoms with Gasteiger partial charge >= 0.3 is 5.97 Å². The van der Waals surface area contributed by atoms with Gasteiger partial charge in [0.25, 0.3) is 0 Å². The lowest BCUT2D eigenvalue weighted by Gasteiger charge is -2.32. The molecule has 17 N–H and O–H groups in total. The minimum atomic E-state index is -1.46. The number of carboxylic acid groups (broad SMARTS) is 1. The maximum Gasteiger partial charge on any atom is 0.322 e. The van der Waals surface area contributed by atoms with Gasteiger partial charge in [0.05, 0.1) is 88.0 Å². The highest BCUT2D eigenvalue weighted by molar-refractivity contribution is 7.80. The zero-order valence-corrected chi connectivity index (χ0v) is 74.3.